The largest absolute Gasteiger partial charge is 0.0999 e. The van der Waals surface area contributed by atoms with Crippen molar-refractivity contribution < 1.29 is 0 Å². The van der Waals surface area contributed by atoms with Crippen LogP contribution in [-0.4, -0.2) is 0 Å². The fourth-order valence-electron chi connectivity index (χ4n) is 3.13. The second-order valence-electron chi connectivity index (χ2n) is 6.33. The molecule has 2 fully saturated rings. The fourth-order valence-corrected chi connectivity index (χ4v) is 3.13. The summed E-state index contributed by atoms with van der Waals surface area (Å²) in [7, 11) is 0. The Labute approximate surface area is 103 Å². The molecule has 0 nitrogen and oxygen atoms in total. The highest BCUT2D eigenvalue weighted by Gasteiger charge is 2.13. The lowest BCUT2D eigenvalue weighted by Gasteiger charge is -2.22. The Morgan fingerprint density at radius 1 is 0.875 bits per heavy atom. The van der Waals surface area contributed by atoms with Crippen LogP contribution in [0, 0.1) is 17.8 Å². The van der Waals surface area contributed by atoms with E-state index < -0.39 is 0 Å². The maximum Gasteiger partial charge on any atom is -0.0297 e. The van der Waals surface area contributed by atoms with Gasteiger partial charge in [-0.25, -0.2) is 0 Å². The van der Waals surface area contributed by atoms with Gasteiger partial charge in [0.15, 0.2) is 0 Å². The SMILES string of the molecule is C=C1CCCC(C)C1.CC1CCCC(C)C1. The van der Waals surface area contributed by atoms with Crippen molar-refractivity contribution in [3.05, 3.63) is 12.2 Å². The second-order valence-corrected chi connectivity index (χ2v) is 6.33. The predicted molar refractivity (Wildman–Crippen MR) is 73.6 cm³/mol. The molecule has 2 aliphatic carbocycles. The molecule has 0 aromatic carbocycles. The molecule has 0 aromatic heterocycles. The molecule has 3 unspecified atom stereocenters. The quantitative estimate of drug-likeness (QED) is 0.469. The minimum absolute atomic E-state index is 0.913. The van der Waals surface area contributed by atoms with Gasteiger partial charge in [-0.3, -0.25) is 0 Å². The first-order valence-corrected chi connectivity index (χ1v) is 7.24. The lowest BCUT2D eigenvalue weighted by Crippen LogP contribution is -2.09. The van der Waals surface area contributed by atoms with Crippen LogP contribution in [0.2, 0.25) is 0 Å². The van der Waals surface area contributed by atoms with E-state index in [0.29, 0.717) is 0 Å². The zero-order chi connectivity index (χ0) is 12.0. The van der Waals surface area contributed by atoms with Crippen molar-refractivity contribution >= 4 is 0 Å². The Bertz CT molecular complexity index is 196. The Balaban J connectivity index is 0.000000160. The van der Waals surface area contributed by atoms with Gasteiger partial charge in [0.05, 0.1) is 0 Å². The van der Waals surface area contributed by atoms with Gasteiger partial charge in [0, 0.05) is 0 Å². The third kappa shape index (κ3) is 5.72. The molecule has 2 saturated carbocycles. The van der Waals surface area contributed by atoms with Crippen molar-refractivity contribution in [3.63, 3.8) is 0 Å². The van der Waals surface area contributed by atoms with Crippen LogP contribution in [-0.2, 0) is 0 Å². The van der Waals surface area contributed by atoms with E-state index in [1.165, 1.54) is 56.9 Å². The summed E-state index contributed by atoms with van der Waals surface area (Å²) in [6, 6.07) is 0. The molecule has 0 amide bonds. The number of rotatable bonds is 0. The van der Waals surface area contributed by atoms with E-state index in [9.17, 15) is 0 Å². The fraction of sp³-hybridized carbons (Fsp3) is 0.875. The van der Waals surface area contributed by atoms with E-state index in [4.69, 9.17) is 0 Å². The van der Waals surface area contributed by atoms with Crippen molar-refractivity contribution in [2.45, 2.75) is 72.1 Å². The molecular weight excluding hydrogens is 192 g/mol. The lowest BCUT2D eigenvalue weighted by atomic mass is 9.84. The summed E-state index contributed by atoms with van der Waals surface area (Å²) in [6.07, 6.45) is 11.3. The first-order chi connectivity index (χ1) is 7.58. The van der Waals surface area contributed by atoms with Crippen LogP contribution in [0.4, 0.5) is 0 Å². The van der Waals surface area contributed by atoms with E-state index in [1.54, 1.807) is 0 Å². The standard InChI is InChI=1S/C8H16.C8H14/c2*1-7-4-3-5-8(2)6-7/h7-8H,3-6H2,1-2H3;8H,1,3-6H2,2H3. The number of hydrogen-bond donors (Lipinski definition) is 0. The van der Waals surface area contributed by atoms with E-state index in [-0.39, 0.29) is 0 Å². The summed E-state index contributed by atoms with van der Waals surface area (Å²) in [6.45, 7) is 11.0. The summed E-state index contributed by atoms with van der Waals surface area (Å²) in [5.41, 5.74) is 1.46. The molecule has 0 N–H and O–H groups in total. The van der Waals surface area contributed by atoms with Crippen LogP contribution in [0.3, 0.4) is 0 Å². The Morgan fingerprint density at radius 3 is 1.75 bits per heavy atom. The Hall–Kier alpha value is -0.260. The van der Waals surface area contributed by atoms with Crippen molar-refractivity contribution in [1.82, 2.24) is 0 Å². The van der Waals surface area contributed by atoms with Gasteiger partial charge in [-0.2, -0.15) is 0 Å². The van der Waals surface area contributed by atoms with Crippen molar-refractivity contribution in [2.75, 3.05) is 0 Å². The third-order valence-corrected chi connectivity index (χ3v) is 4.06. The lowest BCUT2D eigenvalue weighted by molar-refractivity contribution is 0.301. The first-order valence-electron chi connectivity index (χ1n) is 7.24. The Kier molecular flexibility index (Phi) is 6.16. The molecule has 0 aliphatic heterocycles. The molecule has 0 bridgehead atoms. The van der Waals surface area contributed by atoms with Gasteiger partial charge in [0.2, 0.25) is 0 Å². The van der Waals surface area contributed by atoms with E-state index in [2.05, 4.69) is 27.4 Å². The highest BCUT2D eigenvalue weighted by Crippen LogP contribution is 2.27. The Morgan fingerprint density at radius 2 is 1.44 bits per heavy atom. The molecule has 0 spiro atoms. The van der Waals surface area contributed by atoms with Gasteiger partial charge in [0.25, 0.3) is 0 Å². The minimum Gasteiger partial charge on any atom is -0.0999 e. The van der Waals surface area contributed by atoms with Gasteiger partial charge in [-0.1, -0.05) is 58.6 Å². The summed E-state index contributed by atoms with van der Waals surface area (Å²) in [5.74, 6) is 2.94. The summed E-state index contributed by atoms with van der Waals surface area (Å²) in [5, 5.41) is 0. The summed E-state index contributed by atoms with van der Waals surface area (Å²) in [4.78, 5) is 0. The topological polar surface area (TPSA) is 0 Å². The molecular formula is C16H30. The van der Waals surface area contributed by atoms with Crippen LogP contribution >= 0.6 is 0 Å². The zero-order valence-corrected chi connectivity index (χ0v) is 11.6. The molecule has 0 heteroatoms. The predicted octanol–water partition coefficient (Wildman–Crippen LogP) is 5.59. The number of allylic oxidation sites excluding steroid dienone is 1. The molecule has 16 heavy (non-hydrogen) atoms. The van der Waals surface area contributed by atoms with Gasteiger partial charge in [-0.05, 0) is 43.4 Å². The second kappa shape index (κ2) is 7.14. The van der Waals surface area contributed by atoms with Gasteiger partial charge in [0.1, 0.15) is 0 Å². The average molecular weight is 222 g/mol. The molecule has 0 saturated heterocycles. The molecule has 2 aliphatic rings. The molecule has 0 radical (unpaired) electrons. The van der Waals surface area contributed by atoms with Crippen LogP contribution < -0.4 is 0 Å². The summed E-state index contributed by atoms with van der Waals surface area (Å²) < 4.78 is 0. The van der Waals surface area contributed by atoms with Crippen LogP contribution in [0.15, 0.2) is 12.2 Å². The van der Waals surface area contributed by atoms with Crippen molar-refractivity contribution in [1.29, 1.82) is 0 Å². The van der Waals surface area contributed by atoms with Crippen molar-refractivity contribution in [3.8, 4) is 0 Å². The van der Waals surface area contributed by atoms with Gasteiger partial charge in [-0.15, -0.1) is 0 Å². The van der Waals surface area contributed by atoms with Gasteiger partial charge < -0.3 is 0 Å². The van der Waals surface area contributed by atoms with E-state index in [1.807, 2.05) is 0 Å². The molecule has 2 rings (SSSR count). The van der Waals surface area contributed by atoms with Crippen molar-refractivity contribution in [2.24, 2.45) is 17.8 Å². The summed E-state index contributed by atoms with van der Waals surface area (Å²) >= 11 is 0. The molecule has 94 valence electrons. The third-order valence-electron chi connectivity index (χ3n) is 4.06. The zero-order valence-electron chi connectivity index (χ0n) is 11.6. The minimum atomic E-state index is 0.913. The average Bonchev–Trinajstić information content (AvgIpc) is 2.17. The van der Waals surface area contributed by atoms with E-state index >= 15 is 0 Å². The molecule has 0 aromatic rings. The van der Waals surface area contributed by atoms with E-state index in [0.717, 1.165) is 17.8 Å². The van der Waals surface area contributed by atoms with Crippen LogP contribution in [0.25, 0.3) is 0 Å². The highest BCUT2D eigenvalue weighted by atomic mass is 14.2. The monoisotopic (exact) mass is 222 g/mol. The smallest absolute Gasteiger partial charge is 0.0297 e. The van der Waals surface area contributed by atoms with Crippen LogP contribution in [0.1, 0.15) is 72.1 Å². The maximum absolute atomic E-state index is 3.96. The first kappa shape index (κ1) is 13.8. The normalized spacial score (nSPS) is 35.2. The number of hydrogen-bond acceptors (Lipinski definition) is 0. The maximum atomic E-state index is 3.96. The van der Waals surface area contributed by atoms with Gasteiger partial charge >= 0.3 is 0 Å². The molecule has 3 atom stereocenters. The van der Waals surface area contributed by atoms with Crippen LogP contribution in [0.5, 0.6) is 0 Å². The highest BCUT2D eigenvalue weighted by molar-refractivity contribution is 4.98. The molecule has 0 heterocycles.